The van der Waals surface area contributed by atoms with Crippen molar-refractivity contribution in [2.24, 2.45) is 5.16 Å². The van der Waals surface area contributed by atoms with Crippen LogP contribution < -0.4 is 10.1 Å². The molecule has 2 aromatic carbocycles. The zero-order valence-electron chi connectivity index (χ0n) is 14.2. The summed E-state index contributed by atoms with van der Waals surface area (Å²) in [5.74, 6) is 0.561. The van der Waals surface area contributed by atoms with Gasteiger partial charge in [-0.25, -0.2) is 0 Å². The summed E-state index contributed by atoms with van der Waals surface area (Å²) in [6.07, 6.45) is 0.871. The molecular weight excluding hydrogens is 304 g/mol. The molecule has 2 rings (SSSR count). The van der Waals surface area contributed by atoms with E-state index in [2.05, 4.69) is 10.5 Å². The Balaban J connectivity index is 1.85. The fourth-order valence-electron chi connectivity index (χ4n) is 2.01. The summed E-state index contributed by atoms with van der Waals surface area (Å²) in [5.41, 5.74) is 2.69. The van der Waals surface area contributed by atoms with Crippen molar-refractivity contribution in [2.75, 3.05) is 11.9 Å². The highest BCUT2D eigenvalue weighted by molar-refractivity contribution is 5.94. The number of nitrogens with one attached hydrogen (secondary N) is 1. The largest absolute Gasteiger partial charge is 0.494 e. The highest BCUT2D eigenvalue weighted by Crippen LogP contribution is 2.12. The summed E-state index contributed by atoms with van der Waals surface area (Å²) in [4.78, 5) is 17.3. The predicted molar refractivity (Wildman–Crippen MR) is 95.6 cm³/mol. The minimum Gasteiger partial charge on any atom is -0.494 e. The van der Waals surface area contributed by atoms with Gasteiger partial charge in [0.2, 0.25) is 6.10 Å². The summed E-state index contributed by atoms with van der Waals surface area (Å²) in [7, 11) is 0. The second-order valence-electron chi connectivity index (χ2n) is 5.34. The van der Waals surface area contributed by atoms with Crippen LogP contribution in [0.25, 0.3) is 0 Å². The molecule has 1 N–H and O–H groups in total. The predicted octanol–water partition coefficient (Wildman–Crippen LogP) is 3.77. The van der Waals surface area contributed by atoms with Gasteiger partial charge in [-0.15, -0.1) is 0 Å². The number of carbonyl (C=O) groups excluding carboxylic acids is 1. The number of amides is 1. The molecule has 0 bridgehead atoms. The van der Waals surface area contributed by atoms with Gasteiger partial charge in [0.25, 0.3) is 5.91 Å². The second-order valence-corrected chi connectivity index (χ2v) is 5.34. The van der Waals surface area contributed by atoms with E-state index in [4.69, 9.17) is 9.57 Å². The molecule has 0 unspecified atom stereocenters. The summed E-state index contributed by atoms with van der Waals surface area (Å²) in [6.45, 7) is 6.19. The zero-order chi connectivity index (χ0) is 17.4. The normalized spacial score (nSPS) is 12.0. The van der Waals surface area contributed by atoms with E-state index in [9.17, 15) is 4.79 Å². The molecule has 0 aliphatic carbocycles. The Hall–Kier alpha value is -2.82. The maximum Gasteiger partial charge on any atom is 0.267 e. The molecule has 0 spiro atoms. The molecule has 0 saturated heterocycles. The molecule has 5 heteroatoms. The number of oxime groups is 1. The van der Waals surface area contributed by atoms with Crippen LogP contribution in [0.3, 0.4) is 0 Å². The van der Waals surface area contributed by atoms with Gasteiger partial charge in [0, 0.05) is 5.69 Å². The molecule has 2 aromatic rings. The van der Waals surface area contributed by atoms with E-state index < -0.39 is 6.10 Å². The molecule has 24 heavy (non-hydrogen) atoms. The third-order valence-corrected chi connectivity index (χ3v) is 3.27. The van der Waals surface area contributed by atoms with E-state index >= 15 is 0 Å². The van der Waals surface area contributed by atoms with Gasteiger partial charge in [-0.2, -0.15) is 0 Å². The van der Waals surface area contributed by atoms with Crippen LogP contribution in [0.5, 0.6) is 5.75 Å². The standard InChI is InChI=1S/C19H22N2O3/c1-4-23-18-10-8-16(9-11-18)13-20-24-15(3)19(22)21-17-7-5-6-14(2)12-17/h5-13,15H,4H2,1-3H3,(H,21,22)/b20-13-/t15-/m0/s1. The molecule has 0 aliphatic heterocycles. The minimum absolute atomic E-state index is 0.246. The fraction of sp³-hybridized carbons (Fsp3) is 0.263. The Labute approximate surface area is 142 Å². The molecule has 0 saturated carbocycles. The van der Waals surface area contributed by atoms with Crippen LogP contribution in [0, 0.1) is 6.92 Å². The van der Waals surface area contributed by atoms with Gasteiger partial charge < -0.3 is 14.9 Å². The van der Waals surface area contributed by atoms with Crippen LogP contribution >= 0.6 is 0 Å². The molecule has 1 amide bonds. The van der Waals surface area contributed by atoms with E-state index in [-0.39, 0.29) is 5.91 Å². The van der Waals surface area contributed by atoms with Crippen LogP contribution in [-0.2, 0) is 9.63 Å². The van der Waals surface area contributed by atoms with Gasteiger partial charge in [-0.1, -0.05) is 17.3 Å². The smallest absolute Gasteiger partial charge is 0.267 e. The SMILES string of the molecule is CCOc1ccc(/C=N\O[C@@H](C)C(=O)Nc2cccc(C)c2)cc1. The number of nitrogens with zero attached hydrogens (tertiary/aromatic N) is 1. The summed E-state index contributed by atoms with van der Waals surface area (Å²) in [6, 6.07) is 15.0. The van der Waals surface area contributed by atoms with E-state index in [0.717, 1.165) is 22.6 Å². The van der Waals surface area contributed by atoms with E-state index in [1.54, 1.807) is 13.1 Å². The quantitative estimate of drug-likeness (QED) is 0.622. The van der Waals surface area contributed by atoms with Crippen molar-refractivity contribution < 1.29 is 14.4 Å². The average molecular weight is 326 g/mol. The van der Waals surface area contributed by atoms with Crippen molar-refractivity contribution in [3.8, 4) is 5.75 Å². The highest BCUT2D eigenvalue weighted by atomic mass is 16.6. The third kappa shape index (κ3) is 5.43. The minimum atomic E-state index is -0.690. The lowest BCUT2D eigenvalue weighted by molar-refractivity contribution is -0.126. The third-order valence-electron chi connectivity index (χ3n) is 3.27. The molecule has 0 radical (unpaired) electrons. The Morgan fingerprint density at radius 2 is 2.00 bits per heavy atom. The lowest BCUT2D eigenvalue weighted by Crippen LogP contribution is -2.26. The van der Waals surface area contributed by atoms with E-state index in [1.807, 2.05) is 62.4 Å². The summed E-state index contributed by atoms with van der Waals surface area (Å²) in [5, 5.41) is 6.67. The van der Waals surface area contributed by atoms with Gasteiger partial charge in [-0.05, 0) is 68.3 Å². The first kappa shape index (κ1) is 17.5. The molecule has 0 fully saturated rings. The number of benzene rings is 2. The van der Waals surface area contributed by atoms with Crippen LogP contribution in [-0.4, -0.2) is 24.8 Å². The Bertz CT molecular complexity index is 696. The van der Waals surface area contributed by atoms with Crippen molar-refractivity contribution in [1.82, 2.24) is 0 Å². The topological polar surface area (TPSA) is 59.9 Å². The van der Waals surface area contributed by atoms with Crippen molar-refractivity contribution >= 4 is 17.8 Å². The number of aryl methyl sites for hydroxylation is 1. The van der Waals surface area contributed by atoms with Crippen LogP contribution in [0.15, 0.2) is 53.7 Å². The molecule has 0 aromatic heterocycles. The van der Waals surface area contributed by atoms with Gasteiger partial charge in [-0.3, -0.25) is 4.79 Å². The van der Waals surface area contributed by atoms with Crippen molar-refractivity contribution in [1.29, 1.82) is 0 Å². The Morgan fingerprint density at radius 3 is 2.67 bits per heavy atom. The molecular formula is C19H22N2O3. The van der Waals surface area contributed by atoms with Crippen LogP contribution in [0.1, 0.15) is 25.0 Å². The number of carbonyl (C=O) groups is 1. The van der Waals surface area contributed by atoms with E-state index in [0.29, 0.717) is 6.61 Å². The lowest BCUT2D eigenvalue weighted by Gasteiger charge is -2.10. The Kier molecular flexibility index (Phi) is 6.37. The second kappa shape index (κ2) is 8.72. The highest BCUT2D eigenvalue weighted by Gasteiger charge is 2.14. The molecule has 1 atom stereocenters. The molecule has 0 heterocycles. The first-order valence-electron chi connectivity index (χ1n) is 7.88. The molecule has 0 aliphatic rings. The monoisotopic (exact) mass is 326 g/mol. The molecule has 5 nitrogen and oxygen atoms in total. The number of anilines is 1. The number of rotatable bonds is 7. The fourth-order valence-corrected chi connectivity index (χ4v) is 2.01. The first-order valence-corrected chi connectivity index (χ1v) is 7.88. The molecule has 126 valence electrons. The number of hydrogen-bond donors (Lipinski definition) is 1. The van der Waals surface area contributed by atoms with Gasteiger partial charge in [0.05, 0.1) is 12.8 Å². The van der Waals surface area contributed by atoms with Crippen LogP contribution in [0.4, 0.5) is 5.69 Å². The van der Waals surface area contributed by atoms with Gasteiger partial charge in [0.15, 0.2) is 0 Å². The summed E-state index contributed by atoms with van der Waals surface area (Å²) >= 11 is 0. The van der Waals surface area contributed by atoms with E-state index in [1.165, 1.54) is 0 Å². The van der Waals surface area contributed by atoms with Crippen molar-refractivity contribution in [3.05, 3.63) is 59.7 Å². The lowest BCUT2D eigenvalue weighted by atomic mass is 10.2. The summed E-state index contributed by atoms with van der Waals surface area (Å²) < 4.78 is 5.37. The number of hydrogen-bond acceptors (Lipinski definition) is 4. The Morgan fingerprint density at radius 1 is 1.25 bits per heavy atom. The maximum absolute atomic E-state index is 12.1. The first-order chi connectivity index (χ1) is 11.6. The van der Waals surface area contributed by atoms with Gasteiger partial charge >= 0.3 is 0 Å². The zero-order valence-corrected chi connectivity index (χ0v) is 14.2. The maximum atomic E-state index is 12.1. The van der Waals surface area contributed by atoms with Gasteiger partial charge in [0.1, 0.15) is 5.75 Å². The average Bonchev–Trinajstić information content (AvgIpc) is 2.56. The van der Waals surface area contributed by atoms with Crippen LogP contribution in [0.2, 0.25) is 0 Å². The number of ether oxygens (including phenoxy) is 1. The van der Waals surface area contributed by atoms with Crippen molar-refractivity contribution in [2.45, 2.75) is 26.9 Å². The van der Waals surface area contributed by atoms with Crippen molar-refractivity contribution in [3.63, 3.8) is 0 Å².